The predicted molar refractivity (Wildman–Crippen MR) is 18.4 cm³/mol. The minimum atomic E-state index is -1.01. The summed E-state index contributed by atoms with van der Waals surface area (Å²) in [7, 11) is 0. The van der Waals surface area contributed by atoms with Crippen molar-refractivity contribution in [3.8, 4) is 0 Å². The van der Waals surface area contributed by atoms with Crippen molar-refractivity contribution in [2.45, 2.75) is 12.2 Å². The second kappa shape index (κ2) is 1.78. The molecule has 1 heterocycles. The Kier molecular flexibility index (Phi) is 1.27. The summed E-state index contributed by atoms with van der Waals surface area (Å²) >= 11 is 0. The van der Waals surface area contributed by atoms with Crippen molar-refractivity contribution >= 4 is 0 Å². The van der Waals surface area contributed by atoms with Gasteiger partial charge in [-0.15, -0.1) is 12.2 Å². The topological polar surface area (TPSA) is 55.3 Å². The molecule has 0 unspecified atom stereocenters. The van der Waals surface area contributed by atoms with E-state index in [4.69, 9.17) is 0 Å². The van der Waals surface area contributed by atoms with E-state index in [0.29, 0.717) is 0 Å². The molecule has 0 N–H and O–H groups in total. The third-order valence-corrected chi connectivity index (χ3v) is 0.979. The molecule has 1 rings (SSSR count). The van der Waals surface area contributed by atoms with Gasteiger partial charge in [0.25, 0.3) is 0 Å². The lowest BCUT2D eigenvalue weighted by molar-refractivity contribution is -0.515. The quantitative estimate of drug-likeness (QED) is 0.339. The predicted octanol–water partition coefficient (Wildman–Crippen LogP) is -2.53. The van der Waals surface area contributed by atoms with Crippen LogP contribution in [0.3, 0.4) is 0 Å². The molecule has 0 radical (unpaired) electrons. The van der Waals surface area contributed by atoms with Crippen molar-refractivity contribution < 1.29 is 14.9 Å². The highest BCUT2D eigenvalue weighted by Gasteiger charge is 2.06. The maximum Gasteiger partial charge on any atom is 0.0331 e. The van der Waals surface area contributed by atoms with E-state index in [-0.39, 0.29) is 13.2 Å². The van der Waals surface area contributed by atoms with Gasteiger partial charge in [0.05, 0.1) is 0 Å². The highest BCUT2D eigenvalue weighted by molar-refractivity contribution is 4.68. The van der Waals surface area contributed by atoms with Crippen molar-refractivity contribution in [3.63, 3.8) is 0 Å². The summed E-state index contributed by atoms with van der Waals surface area (Å²) in [6.45, 7) is 0.211. The average molecular weight is 102 g/mol. The van der Waals surface area contributed by atoms with Gasteiger partial charge in [0.1, 0.15) is 0 Å². The molecule has 0 spiro atoms. The highest BCUT2D eigenvalue weighted by Crippen LogP contribution is 1.96. The summed E-state index contributed by atoms with van der Waals surface area (Å²) in [6.07, 6.45) is -2.03. The molecule has 0 aromatic heterocycles. The molecule has 0 saturated carbocycles. The summed E-state index contributed by atoms with van der Waals surface area (Å²) in [4.78, 5) is 0. The summed E-state index contributed by atoms with van der Waals surface area (Å²) in [5.41, 5.74) is 0. The zero-order valence-electron chi connectivity index (χ0n) is 3.79. The zero-order chi connectivity index (χ0) is 5.28. The van der Waals surface area contributed by atoms with E-state index < -0.39 is 12.2 Å². The Balaban J connectivity index is 2.33. The first-order chi connectivity index (χ1) is 3.30. The lowest BCUT2D eigenvalue weighted by Crippen LogP contribution is -2.45. The molecule has 3 heteroatoms. The van der Waals surface area contributed by atoms with Crippen molar-refractivity contribution in [2.24, 2.45) is 0 Å². The first-order valence-electron chi connectivity index (χ1n) is 2.20. The number of hydrogen-bond acceptors (Lipinski definition) is 3. The van der Waals surface area contributed by atoms with Crippen molar-refractivity contribution in [2.75, 3.05) is 13.2 Å². The second-order valence-electron chi connectivity index (χ2n) is 1.61. The van der Waals surface area contributed by atoms with Gasteiger partial charge in [-0.05, 0) is 0 Å². The van der Waals surface area contributed by atoms with Gasteiger partial charge in [-0.2, -0.15) is 0 Å². The molecule has 0 amide bonds. The number of ether oxygens (including phenoxy) is 1. The van der Waals surface area contributed by atoms with Crippen LogP contribution in [0, 0.1) is 0 Å². The van der Waals surface area contributed by atoms with Crippen LogP contribution in [0.25, 0.3) is 0 Å². The lowest BCUT2D eigenvalue weighted by Gasteiger charge is -2.26. The van der Waals surface area contributed by atoms with Gasteiger partial charge < -0.3 is 14.9 Å². The van der Waals surface area contributed by atoms with Crippen LogP contribution in [0.2, 0.25) is 0 Å². The molecule has 1 saturated heterocycles. The molecule has 3 nitrogen and oxygen atoms in total. The van der Waals surface area contributed by atoms with Gasteiger partial charge in [0.2, 0.25) is 0 Å². The molecule has 2 atom stereocenters. The van der Waals surface area contributed by atoms with E-state index in [0.717, 1.165) is 0 Å². The zero-order valence-corrected chi connectivity index (χ0v) is 3.79. The van der Waals surface area contributed by atoms with Gasteiger partial charge in [-0.25, -0.2) is 0 Å². The van der Waals surface area contributed by atoms with Crippen molar-refractivity contribution in [1.82, 2.24) is 0 Å². The largest absolute Gasteiger partial charge is 0.851 e. The summed E-state index contributed by atoms with van der Waals surface area (Å²) in [5.74, 6) is 0. The number of hydrogen-bond donors (Lipinski definition) is 0. The second-order valence-corrected chi connectivity index (χ2v) is 1.61. The fraction of sp³-hybridized carbons (Fsp3) is 1.00. The number of rotatable bonds is 0. The van der Waals surface area contributed by atoms with Crippen LogP contribution in [0.5, 0.6) is 0 Å². The first-order valence-corrected chi connectivity index (χ1v) is 2.20. The van der Waals surface area contributed by atoms with Gasteiger partial charge >= 0.3 is 0 Å². The maximum atomic E-state index is 10.2. The molecule has 0 aromatic rings. The maximum absolute atomic E-state index is 10.2. The SMILES string of the molecule is [O-][C@H]1COC[C@@H]1[O-]. The Morgan fingerprint density at radius 3 is 1.71 bits per heavy atom. The van der Waals surface area contributed by atoms with E-state index in [1.165, 1.54) is 0 Å². The summed E-state index contributed by atoms with van der Waals surface area (Å²) in [6, 6.07) is 0. The Bertz CT molecular complexity index is 56.0. The van der Waals surface area contributed by atoms with Crippen LogP contribution in [0.15, 0.2) is 0 Å². The molecule has 7 heavy (non-hydrogen) atoms. The lowest BCUT2D eigenvalue weighted by atomic mass is 10.3. The Morgan fingerprint density at radius 2 is 1.57 bits per heavy atom. The van der Waals surface area contributed by atoms with Crippen LogP contribution in [-0.4, -0.2) is 25.4 Å². The monoisotopic (exact) mass is 102 g/mol. The molecular weight excluding hydrogens is 96.0 g/mol. The summed E-state index contributed by atoms with van der Waals surface area (Å²) in [5, 5.41) is 20.4. The van der Waals surface area contributed by atoms with E-state index in [9.17, 15) is 10.2 Å². The van der Waals surface area contributed by atoms with Crippen LogP contribution in [0.4, 0.5) is 0 Å². The highest BCUT2D eigenvalue weighted by atomic mass is 16.5. The molecule has 42 valence electrons. The first kappa shape index (κ1) is 5.03. The molecule has 1 aliphatic heterocycles. The van der Waals surface area contributed by atoms with Crippen LogP contribution >= 0.6 is 0 Å². The van der Waals surface area contributed by atoms with Crippen molar-refractivity contribution in [3.05, 3.63) is 0 Å². The van der Waals surface area contributed by atoms with Gasteiger partial charge in [-0.3, -0.25) is 0 Å². The standard InChI is InChI=1S/C4H6O3/c5-3-1-7-2-4(3)6/h3-4H,1-2H2/q-2/t3-,4-/m0/s1. The molecule has 1 fully saturated rings. The van der Waals surface area contributed by atoms with Crippen LogP contribution in [0.1, 0.15) is 0 Å². The van der Waals surface area contributed by atoms with Crippen LogP contribution < -0.4 is 10.2 Å². The summed E-state index contributed by atoms with van der Waals surface area (Å²) < 4.78 is 4.54. The van der Waals surface area contributed by atoms with E-state index in [1.54, 1.807) is 0 Å². The van der Waals surface area contributed by atoms with Crippen molar-refractivity contribution in [1.29, 1.82) is 0 Å². The molecule has 0 bridgehead atoms. The van der Waals surface area contributed by atoms with Crippen LogP contribution in [-0.2, 0) is 4.74 Å². The van der Waals surface area contributed by atoms with E-state index >= 15 is 0 Å². The third kappa shape index (κ3) is 0.907. The molecule has 0 aromatic carbocycles. The minimum absolute atomic E-state index is 0.105. The van der Waals surface area contributed by atoms with Gasteiger partial charge in [0, 0.05) is 13.2 Å². The van der Waals surface area contributed by atoms with Gasteiger partial charge in [-0.1, -0.05) is 0 Å². The Morgan fingerprint density at radius 1 is 1.14 bits per heavy atom. The molecule has 1 aliphatic rings. The Labute approximate surface area is 41.5 Å². The molecule has 0 aliphatic carbocycles. The molecular formula is C4H6O3-2. The fourth-order valence-corrected chi connectivity index (χ4v) is 0.515. The normalized spacial score (nSPS) is 42.0. The van der Waals surface area contributed by atoms with E-state index in [2.05, 4.69) is 4.74 Å². The Hall–Kier alpha value is -0.120. The average Bonchev–Trinajstić information content (AvgIpc) is 1.91. The van der Waals surface area contributed by atoms with E-state index in [1.807, 2.05) is 0 Å². The minimum Gasteiger partial charge on any atom is -0.851 e. The smallest absolute Gasteiger partial charge is 0.0331 e. The fourth-order valence-electron chi connectivity index (χ4n) is 0.515. The van der Waals surface area contributed by atoms with Gasteiger partial charge in [0.15, 0.2) is 0 Å². The third-order valence-electron chi connectivity index (χ3n) is 0.979.